The highest BCUT2D eigenvalue weighted by Gasteiger charge is 2.35. The van der Waals surface area contributed by atoms with Crippen molar-refractivity contribution in [3.8, 4) is 17.2 Å². The van der Waals surface area contributed by atoms with Crippen LogP contribution in [0.15, 0.2) is 76.2 Å². The number of ether oxygens (including phenoxy) is 4. The first-order chi connectivity index (χ1) is 18.8. The quantitative estimate of drug-likeness (QED) is 0.279. The molecule has 2 aromatic carbocycles. The van der Waals surface area contributed by atoms with Crippen molar-refractivity contribution >= 4 is 23.4 Å². The molecule has 1 aliphatic heterocycles. The minimum Gasteiger partial charge on any atom is -0.493 e. The highest BCUT2D eigenvalue weighted by Crippen LogP contribution is 2.36. The highest BCUT2D eigenvalue weighted by molar-refractivity contribution is 7.07. The molecule has 1 atom stereocenters. The molecule has 0 spiro atoms. The van der Waals surface area contributed by atoms with Crippen molar-refractivity contribution < 1.29 is 23.7 Å². The van der Waals surface area contributed by atoms with Gasteiger partial charge in [-0.3, -0.25) is 9.36 Å². The largest absolute Gasteiger partial charge is 0.493 e. The van der Waals surface area contributed by atoms with Crippen LogP contribution in [0.5, 0.6) is 17.2 Å². The second-order valence-corrected chi connectivity index (χ2v) is 9.99. The van der Waals surface area contributed by atoms with Gasteiger partial charge in [-0.1, -0.05) is 54.3 Å². The van der Waals surface area contributed by atoms with Crippen molar-refractivity contribution in [3.63, 3.8) is 0 Å². The van der Waals surface area contributed by atoms with Crippen LogP contribution >= 0.6 is 11.3 Å². The third kappa shape index (κ3) is 5.68. The second kappa shape index (κ2) is 12.2. The van der Waals surface area contributed by atoms with E-state index in [0.717, 1.165) is 0 Å². The van der Waals surface area contributed by atoms with Crippen molar-refractivity contribution in [2.24, 2.45) is 4.99 Å². The molecule has 1 aliphatic rings. The Morgan fingerprint density at radius 1 is 1.18 bits per heavy atom. The summed E-state index contributed by atoms with van der Waals surface area (Å²) in [5.41, 5.74) is 1.83. The van der Waals surface area contributed by atoms with Crippen LogP contribution in [0.3, 0.4) is 0 Å². The van der Waals surface area contributed by atoms with E-state index >= 15 is 0 Å². The van der Waals surface area contributed by atoms with E-state index in [9.17, 15) is 9.59 Å². The molecule has 0 radical (unpaired) electrons. The van der Waals surface area contributed by atoms with Gasteiger partial charge in [0.15, 0.2) is 16.3 Å². The van der Waals surface area contributed by atoms with E-state index in [4.69, 9.17) is 18.9 Å². The van der Waals surface area contributed by atoms with Crippen LogP contribution in [-0.4, -0.2) is 37.0 Å². The Labute approximate surface area is 231 Å². The summed E-state index contributed by atoms with van der Waals surface area (Å²) in [6.07, 6.45) is 3.28. The number of para-hydroxylation sites is 2. The molecule has 0 saturated carbocycles. The zero-order valence-corrected chi connectivity index (χ0v) is 23.5. The Bertz CT molecular complexity index is 1600. The number of thiazole rings is 1. The number of rotatable bonds is 10. The van der Waals surface area contributed by atoms with E-state index < -0.39 is 12.0 Å². The Hall–Kier alpha value is -4.11. The highest BCUT2D eigenvalue weighted by atomic mass is 32.1. The number of esters is 1. The topological polar surface area (TPSA) is 88.4 Å². The molecule has 39 heavy (non-hydrogen) atoms. The molecule has 0 saturated heterocycles. The van der Waals surface area contributed by atoms with Crippen molar-refractivity contribution in [2.75, 3.05) is 20.3 Å². The van der Waals surface area contributed by atoms with Gasteiger partial charge in [-0.05, 0) is 45.9 Å². The predicted molar refractivity (Wildman–Crippen MR) is 151 cm³/mol. The van der Waals surface area contributed by atoms with E-state index in [1.165, 1.54) is 11.3 Å². The van der Waals surface area contributed by atoms with Crippen LogP contribution in [0.1, 0.15) is 44.9 Å². The number of aromatic nitrogens is 1. The van der Waals surface area contributed by atoms with E-state index in [1.807, 2.05) is 50.2 Å². The lowest BCUT2D eigenvalue weighted by atomic mass is 9.95. The van der Waals surface area contributed by atoms with Crippen molar-refractivity contribution in [3.05, 3.63) is 97.2 Å². The molecule has 1 aromatic heterocycles. The standard InChI is InChI=1S/C30H32N2O6S/c1-7-16-37-27-20(12-11-15-23(27)35-6)17-24-28(33)32-26(21-13-9-10-14-22(21)38-18(3)4)25(29(34)36-8-2)19(5)31-30(32)39-24/h7,9-15,17-18,26H,1,8,16H2,2-6H3/b24-17-/t26-/m1/s1. The van der Waals surface area contributed by atoms with Crippen molar-refractivity contribution in [1.82, 2.24) is 4.57 Å². The normalized spacial score (nSPS) is 15.0. The van der Waals surface area contributed by atoms with Gasteiger partial charge in [0.1, 0.15) is 18.4 Å². The first kappa shape index (κ1) is 27.9. The Kier molecular flexibility index (Phi) is 8.71. The number of methoxy groups -OCH3 is 1. The summed E-state index contributed by atoms with van der Waals surface area (Å²) in [4.78, 5) is 32.4. The summed E-state index contributed by atoms with van der Waals surface area (Å²) in [7, 11) is 1.56. The molecule has 0 unspecified atom stereocenters. The lowest BCUT2D eigenvalue weighted by Gasteiger charge is -2.26. The van der Waals surface area contributed by atoms with Crippen LogP contribution in [0.2, 0.25) is 0 Å². The molecule has 9 heteroatoms. The molecule has 0 bridgehead atoms. The predicted octanol–water partition coefficient (Wildman–Crippen LogP) is 4.16. The molecular formula is C30H32N2O6S. The number of hydrogen-bond donors (Lipinski definition) is 0. The minimum atomic E-state index is -0.779. The number of benzene rings is 2. The number of fused-ring (bicyclic) bond motifs is 1. The van der Waals surface area contributed by atoms with Gasteiger partial charge < -0.3 is 18.9 Å². The molecule has 0 fully saturated rings. The van der Waals surface area contributed by atoms with Gasteiger partial charge in [0, 0.05) is 11.1 Å². The van der Waals surface area contributed by atoms with Gasteiger partial charge in [0.2, 0.25) is 0 Å². The molecular weight excluding hydrogens is 516 g/mol. The molecule has 0 aliphatic carbocycles. The van der Waals surface area contributed by atoms with Crippen LogP contribution < -0.4 is 29.1 Å². The summed E-state index contributed by atoms with van der Waals surface area (Å²) >= 11 is 1.24. The smallest absolute Gasteiger partial charge is 0.338 e. The number of carbonyl (C=O) groups excluding carboxylic acids is 1. The fourth-order valence-electron chi connectivity index (χ4n) is 4.40. The van der Waals surface area contributed by atoms with Gasteiger partial charge in [-0.15, -0.1) is 0 Å². The number of carbonyl (C=O) groups is 1. The van der Waals surface area contributed by atoms with Gasteiger partial charge in [-0.25, -0.2) is 9.79 Å². The van der Waals surface area contributed by atoms with Crippen molar-refractivity contribution in [1.29, 1.82) is 0 Å². The first-order valence-electron chi connectivity index (χ1n) is 12.7. The molecule has 204 valence electrons. The summed E-state index contributed by atoms with van der Waals surface area (Å²) in [6.45, 7) is 11.5. The van der Waals surface area contributed by atoms with Crippen LogP contribution in [0.25, 0.3) is 6.08 Å². The molecule has 4 rings (SSSR count). The van der Waals surface area contributed by atoms with Crippen LogP contribution in [0.4, 0.5) is 0 Å². The van der Waals surface area contributed by atoms with E-state index in [2.05, 4.69) is 11.6 Å². The third-order valence-electron chi connectivity index (χ3n) is 5.95. The fraction of sp³-hybridized carbons (Fsp3) is 0.300. The van der Waals surface area contributed by atoms with Gasteiger partial charge in [0.25, 0.3) is 5.56 Å². The third-order valence-corrected chi connectivity index (χ3v) is 6.94. The van der Waals surface area contributed by atoms with Gasteiger partial charge in [0.05, 0.1) is 35.6 Å². The number of nitrogens with zero attached hydrogens (tertiary/aromatic N) is 2. The number of allylic oxidation sites excluding steroid dienone is 1. The minimum absolute atomic E-state index is 0.111. The van der Waals surface area contributed by atoms with Crippen LogP contribution in [0, 0.1) is 0 Å². The molecule has 0 N–H and O–H groups in total. The number of hydrogen-bond acceptors (Lipinski definition) is 8. The molecule has 8 nitrogen and oxygen atoms in total. The lowest BCUT2D eigenvalue weighted by molar-refractivity contribution is -0.139. The average molecular weight is 549 g/mol. The zero-order valence-electron chi connectivity index (χ0n) is 22.7. The molecule has 3 aromatic rings. The van der Waals surface area contributed by atoms with E-state index in [0.29, 0.717) is 49.0 Å². The summed E-state index contributed by atoms with van der Waals surface area (Å²) < 4.78 is 24.8. The SMILES string of the molecule is C=CCOc1c(/C=c2\sc3n(c2=O)[C@H](c2ccccc2OC(C)C)C(C(=O)OCC)=C(C)N=3)cccc1OC. The Morgan fingerprint density at radius 3 is 2.62 bits per heavy atom. The van der Waals surface area contributed by atoms with E-state index in [1.54, 1.807) is 43.7 Å². The first-order valence-corrected chi connectivity index (χ1v) is 13.5. The zero-order chi connectivity index (χ0) is 28.1. The van der Waals surface area contributed by atoms with Crippen LogP contribution in [-0.2, 0) is 9.53 Å². The average Bonchev–Trinajstić information content (AvgIpc) is 3.21. The summed E-state index contributed by atoms with van der Waals surface area (Å²) in [6, 6.07) is 12.1. The lowest BCUT2D eigenvalue weighted by Crippen LogP contribution is -2.40. The molecule has 0 amide bonds. The maximum Gasteiger partial charge on any atom is 0.338 e. The maximum atomic E-state index is 14.0. The molecule has 2 heterocycles. The Balaban J connectivity index is 1.98. The maximum absolute atomic E-state index is 14.0. The second-order valence-electron chi connectivity index (χ2n) is 8.99. The van der Waals surface area contributed by atoms with E-state index in [-0.39, 0.29) is 24.9 Å². The summed E-state index contributed by atoms with van der Waals surface area (Å²) in [5.74, 6) is 1.10. The summed E-state index contributed by atoms with van der Waals surface area (Å²) in [5, 5.41) is 0. The van der Waals surface area contributed by atoms with Gasteiger partial charge in [-0.2, -0.15) is 0 Å². The fourth-order valence-corrected chi connectivity index (χ4v) is 5.44. The Morgan fingerprint density at radius 2 is 1.92 bits per heavy atom. The van der Waals surface area contributed by atoms with Gasteiger partial charge >= 0.3 is 5.97 Å². The van der Waals surface area contributed by atoms with Crippen molar-refractivity contribution in [2.45, 2.75) is 39.8 Å². The monoisotopic (exact) mass is 548 g/mol.